The van der Waals surface area contributed by atoms with Gasteiger partial charge in [0.15, 0.2) is 11.5 Å². The zero-order valence-electron chi connectivity index (χ0n) is 14.3. The number of aromatic nitrogens is 1. The first kappa shape index (κ1) is 18.9. The largest absolute Gasteiger partial charge is 0.486 e. The summed E-state index contributed by atoms with van der Waals surface area (Å²) < 4.78 is 12.8. The molecule has 0 bridgehead atoms. The van der Waals surface area contributed by atoms with Crippen molar-refractivity contribution >= 4 is 27.5 Å². The second kappa shape index (κ2) is 7.78. The van der Waals surface area contributed by atoms with Crippen LogP contribution >= 0.6 is 15.9 Å². The Hall–Kier alpha value is -2.88. The molecule has 27 heavy (non-hydrogen) atoms. The van der Waals surface area contributed by atoms with Crippen LogP contribution in [0.1, 0.15) is 18.5 Å². The summed E-state index contributed by atoms with van der Waals surface area (Å²) in [5.41, 5.74) is 0.0212. The third-order valence-corrected chi connectivity index (χ3v) is 4.68. The molecule has 0 saturated carbocycles. The number of pyridine rings is 1. The third kappa shape index (κ3) is 4.27. The Morgan fingerprint density at radius 1 is 1.33 bits per heavy atom. The molecule has 0 fully saturated rings. The van der Waals surface area contributed by atoms with E-state index in [2.05, 4.69) is 21.2 Å². The number of halogens is 1. The number of hydrogen-bond acceptors (Lipinski definition) is 6. The summed E-state index contributed by atoms with van der Waals surface area (Å²) >= 11 is 3.45. The van der Waals surface area contributed by atoms with E-state index in [1.807, 2.05) is 0 Å². The molecule has 142 valence electrons. The second-order valence-corrected chi connectivity index (χ2v) is 6.77. The molecule has 1 aromatic carbocycles. The van der Waals surface area contributed by atoms with Crippen LogP contribution in [0.2, 0.25) is 0 Å². The van der Waals surface area contributed by atoms with Crippen molar-refractivity contribution in [3.63, 3.8) is 0 Å². The van der Waals surface area contributed by atoms with Crippen molar-refractivity contribution in [1.29, 1.82) is 0 Å². The smallest absolute Gasteiger partial charge is 0.285 e. The topological polar surface area (TPSA) is 113 Å². The van der Waals surface area contributed by atoms with Crippen LogP contribution < -0.4 is 20.3 Å². The number of fused-ring (bicyclic) bond motifs is 1. The van der Waals surface area contributed by atoms with Gasteiger partial charge in [0.05, 0.1) is 17.2 Å². The van der Waals surface area contributed by atoms with E-state index in [1.54, 1.807) is 19.1 Å². The summed E-state index contributed by atoms with van der Waals surface area (Å²) in [5.74, 6) is 0.765. The first-order valence-corrected chi connectivity index (χ1v) is 8.87. The van der Waals surface area contributed by atoms with Crippen LogP contribution in [0, 0.1) is 10.1 Å². The number of carbonyl (C=O) groups is 1. The highest BCUT2D eigenvalue weighted by atomic mass is 79.9. The van der Waals surface area contributed by atoms with Crippen LogP contribution in [0.15, 0.2) is 39.7 Å². The van der Waals surface area contributed by atoms with Crippen molar-refractivity contribution in [3.8, 4) is 11.5 Å². The van der Waals surface area contributed by atoms with Gasteiger partial charge in [-0.3, -0.25) is 24.3 Å². The van der Waals surface area contributed by atoms with Gasteiger partial charge in [-0.05, 0) is 24.6 Å². The van der Waals surface area contributed by atoms with Gasteiger partial charge in [-0.2, -0.15) is 0 Å². The Balaban J connectivity index is 1.74. The predicted octanol–water partition coefficient (Wildman–Crippen LogP) is 2.17. The Kier molecular flexibility index (Phi) is 5.45. The summed E-state index contributed by atoms with van der Waals surface area (Å²) in [7, 11) is 0. The molecule has 2 aromatic rings. The third-order valence-electron chi connectivity index (χ3n) is 4.00. The van der Waals surface area contributed by atoms with Gasteiger partial charge in [0, 0.05) is 16.6 Å². The average Bonchev–Trinajstić information content (AvgIpc) is 2.62. The van der Waals surface area contributed by atoms with Crippen LogP contribution in [0.3, 0.4) is 0 Å². The molecular formula is C17H16BrN3O6. The Morgan fingerprint density at radius 3 is 2.67 bits per heavy atom. The van der Waals surface area contributed by atoms with E-state index >= 15 is 0 Å². The van der Waals surface area contributed by atoms with Gasteiger partial charge in [-0.25, -0.2) is 0 Å². The summed E-state index contributed by atoms with van der Waals surface area (Å²) in [6.45, 7) is 2.38. The van der Waals surface area contributed by atoms with Gasteiger partial charge in [0.25, 0.3) is 11.2 Å². The maximum atomic E-state index is 12.3. The highest BCUT2D eigenvalue weighted by Gasteiger charge is 2.20. The van der Waals surface area contributed by atoms with Gasteiger partial charge in [-0.15, -0.1) is 0 Å². The number of amides is 1. The number of benzene rings is 1. The lowest BCUT2D eigenvalue weighted by Gasteiger charge is -2.22. The van der Waals surface area contributed by atoms with Crippen molar-refractivity contribution in [2.24, 2.45) is 0 Å². The fourth-order valence-corrected chi connectivity index (χ4v) is 3.35. The summed E-state index contributed by atoms with van der Waals surface area (Å²) in [6, 6.07) is 5.33. The van der Waals surface area contributed by atoms with Gasteiger partial charge >= 0.3 is 0 Å². The van der Waals surface area contributed by atoms with Gasteiger partial charge in [0.1, 0.15) is 19.8 Å². The van der Waals surface area contributed by atoms with Crippen molar-refractivity contribution in [2.75, 3.05) is 13.2 Å². The van der Waals surface area contributed by atoms with Crippen LogP contribution in [0.25, 0.3) is 0 Å². The van der Waals surface area contributed by atoms with E-state index in [0.29, 0.717) is 24.7 Å². The number of carbonyl (C=O) groups excluding carboxylic acids is 1. The molecule has 3 rings (SSSR count). The van der Waals surface area contributed by atoms with E-state index in [9.17, 15) is 19.7 Å². The maximum absolute atomic E-state index is 12.3. The lowest BCUT2D eigenvalue weighted by Crippen LogP contribution is -2.33. The van der Waals surface area contributed by atoms with Gasteiger partial charge in [-0.1, -0.05) is 15.9 Å². The summed E-state index contributed by atoms with van der Waals surface area (Å²) in [5, 5.41) is 13.6. The molecule has 0 aliphatic carbocycles. The van der Waals surface area contributed by atoms with E-state index in [4.69, 9.17) is 9.47 Å². The quantitative estimate of drug-likeness (QED) is 0.566. The fourth-order valence-electron chi connectivity index (χ4n) is 2.68. The highest BCUT2D eigenvalue weighted by Crippen LogP contribution is 2.37. The Bertz CT molecular complexity index is 958. The molecule has 0 spiro atoms. The lowest BCUT2D eigenvalue weighted by molar-refractivity contribution is -0.385. The number of nitro groups is 1. The van der Waals surface area contributed by atoms with Crippen molar-refractivity contribution in [3.05, 3.63) is 61.0 Å². The molecule has 1 aliphatic rings. The SMILES string of the molecule is CC(NC(=O)Cn1cc([N+](=O)[O-])ccc1=O)c1cc2c(cc1Br)OCCO2. The molecule has 10 heteroatoms. The number of hydrogen-bond donors (Lipinski definition) is 1. The van der Waals surface area contributed by atoms with Gasteiger partial charge in [0.2, 0.25) is 5.91 Å². The molecule has 1 atom stereocenters. The number of ether oxygens (including phenoxy) is 2. The maximum Gasteiger partial charge on any atom is 0.285 e. The molecule has 9 nitrogen and oxygen atoms in total. The standard InChI is InChI=1S/C17H16BrN3O6/c1-10(12-6-14-15(7-13(12)18)27-5-4-26-14)19-16(22)9-20-8-11(21(24)25)2-3-17(20)23/h2-3,6-8,10H,4-5,9H2,1H3,(H,19,22). The zero-order valence-corrected chi connectivity index (χ0v) is 15.9. The summed E-state index contributed by atoms with van der Waals surface area (Å²) in [6.07, 6.45) is 1.05. The molecule has 1 amide bonds. The monoisotopic (exact) mass is 437 g/mol. The van der Waals surface area contributed by atoms with Crippen LogP contribution in [-0.2, 0) is 11.3 Å². The van der Waals surface area contributed by atoms with E-state index < -0.39 is 22.4 Å². The lowest BCUT2D eigenvalue weighted by atomic mass is 10.1. The Labute approximate surface area is 162 Å². The molecule has 1 aromatic heterocycles. The zero-order chi connectivity index (χ0) is 19.6. The first-order chi connectivity index (χ1) is 12.8. The number of rotatable bonds is 5. The summed E-state index contributed by atoms with van der Waals surface area (Å²) in [4.78, 5) is 34.3. The molecule has 1 aliphatic heterocycles. The number of nitrogens with zero attached hydrogens (tertiary/aromatic N) is 2. The predicted molar refractivity (Wildman–Crippen MR) is 99.0 cm³/mol. The van der Waals surface area contributed by atoms with Crippen molar-refractivity contribution in [1.82, 2.24) is 9.88 Å². The molecule has 0 saturated heterocycles. The van der Waals surface area contributed by atoms with E-state index in [-0.39, 0.29) is 12.2 Å². The van der Waals surface area contributed by atoms with Crippen LogP contribution in [-0.4, -0.2) is 28.6 Å². The Morgan fingerprint density at radius 2 is 2.00 bits per heavy atom. The van der Waals surface area contributed by atoms with Gasteiger partial charge < -0.3 is 14.8 Å². The first-order valence-electron chi connectivity index (χ1n) is 8.08. The van der Waals surface area contributed by atoms with E-state index in [1.165, 1.54) is 0 Å². The normalized spacial score (nSPS) is 13.7. The minimum absolute atomic E-state index is 0.259. The van der Waals surface area contributed by atoms with Crippen LogP contribution in [0.5, 0.6) is 11.5 Å². The minimum atomic E-state index is -0.622. The molecule has 1 N–H and O–H groups in total. The fraction of sp³-hybridized carbons (Fsp3) is 0.294. The molecule has 2 heterocycles. The molecule has 0 radical (unpaired) electrons. The van der Waals surface area contributed by atoms with Crippen LogP contribution in [0.4, 0.5) is 5.69 Å². The molecular weight excluding hydrogens is 422 g/mol. The second-order valence-electron chi connectivity index (χ2n) is 5.92. The van der Waals surface area contributed by atoms with Crippen molar-refractivity contribution in [2.45, 2.75) is 19.5 Å². The average molecular weight is 438 g/mol. The van der Waals surface area contributed by atoms with Crippen molar-refractivity contribution < 1.29 is 19.2 Å². The highest BCUT2D eigenvalue weighted by molar-refractivity contribution is 9.10. The minimum Gasteiger partial charge on any atom is -0.486 e. The van der Waals surface area contributed by atoms with E-state index in [0.717, 1.165) is 32.9 Å². The molecule has 1 unspecified atom stereocenters. The number of nitrogens with one attached hydrogen (secondary N) is 1.